The van der Waals surface area contributed by atoms with Crippen LogP contribution in [0, 0.1) is 13.8 Å². The van der Waals surface area contributed by atoms with Gasteiger partial charge in [-0.25, -0.2) is 4.79 Å². The molecule has 0 saturated carbocycles. The molecule has 2 rings (SSSR count). The van der Waals surface area contributed by atoms with Crippen LogP contribution in [0.15, 0.2) is 36.4 Å². The Hall–Kier alpha value is -2.33. The van der Waals surface area contributed by atoms with Crippen LogP contribution < -0.4 is 5.32 Å². The summed E-state index contributed by atoms with van der Waals surface area (Å²) in [6.07, 6.45) is 0. The number of nitrogens with one attached hydrogen (secondary N) is 1. The number of carbonyl (C=O) groups excluding carboxylic acids is 2. The zero-order valence-corrected chi connectivity index (χ0v) is 18.1. The summed E-state index contributed by atoms with van der Waals surface area (Å²) >= 11 is 6.03. The van der Waals surface area contributed by atoms with Crippen LogP contribution in [0.1, 0.15) is 60.3 Å². The maximum atomic E-state index is 12.3. The van der Waals surface area contributed by atoms with Crippen LogP contribution >= 0.6 is 11.6 Å². The average Bonchev–Trinajstić information content (AvgIpc) is 2.60. The summed E-state index contributed by atoms with van der Waals surface area (Å²) in [7, 11) is 0. The SMILES string of the molecule is Cc1cc(C(C)(C)C)cc(C)c1COC(=O)[C@H](C)NC(=O)c1ccccc1Cl. The van der Waals surface area contributed by atoms with Gasteiger partial charge in [0.1, 0.15) is 12.6 Å². The van der Waals surface area contributed by atoms with Crippen molar-refractivity contribution in [1.82, 2.24) is 5.32 Å². The Morgan fingerprint density at radius 3 is 2.21 bits per heavy atom. The van der Waals surface area contributed by atoms with E-state index in [9.17, 15) is 9.59 Å². The lowest BCUT2D eigenvalue weighted by molar-refractivity contribution is -0.146. The van der Waals surface area contributed by atoms with Crippen molar-refractivity contribution in [2.45, 2.75) is 59.6 Å². The van der Waals surface area contributed by atoms with E-state index in [0.29, 0.717) is 10.6 Å². The fourth-order valence-electron chi connectivity index (χ4n) is 2.90. The van der Waals surface area contributed by atoms with E-state index in [1.807, 2.05) is 13.8 Å². The van der Waals surface area contributed by atoms with Crippen LogP contribution in [0.3, 0.4) is 0 Å². The van der Waals surface area contributed by atoms with Crippen LogP contribution in [-0.4, -0.2) is 17.9 Å². The van der Waals surface area contributed by atoms with E-state index in [-0.39, 0.29) is 12.0 Å². The van der Waals surface area contributed by atoms with Gasteiger partial charge < -0.3 is 10.1 Å². The second-order valence-electron chi connectivity index (χ2n) is 8.12. The Balaban J connectivity index is 2.02. The van der Waals surface area contributed by atoms with E-state index in [4.69, 9.17) is 16.3 Å². The molecular weight excluding hydrogens is 374 g/mol. The number of carbonyl (C=O) groups is 2. The van der Waals surface area contributed by atoms with Crippen LogP contribution in [0.5, 0.6) is 0 Å². The Morgan fingerprint density at radius 1 is 1.11 bits per heavy atom. The molecule has 1 N–H and O–H groups in total. The lowest BCUT2D eigenvalue weighted by Crippen LogP contribution is -2.39. The first-order valence-electron chi connectivity index (χ1n) is 9.33. The molecule has 0 fully saturated rings. The molecule has 0 aliphatic carbocycles. The van der Waals surface area contributed by atoms with Crippen molar-refractivity contribution >= 4 is 23.5 Å². The van der Waals surface area contributed by atoms with Gasteiger partial charge in [-0.1, -0.05) is 56.6 Å². The molecule has 0 aromatic heterocycles. The van der Waals surface area contributed by atoms with Crippen molar-refractivity contribution in [3.05, 3.63) is 69.2 Å². The molecule has 2 aromatic rings. The predicted molar refractivity (Wildman–Crippen MR) is 113 cm³/mol. The molecule has 150 valence electrons. The number of ether oxygens (including phenoxy) is 1. The molecule has 28 heavy (non-hydrogen) atoms. The highest BCUT2D eigenvalue weighted by atomic mass is 35.5. The van der Waals surface area contributed by atoms with Gasteiger partial charge in [0.15, 0.2) is 0 Å². The van der Waals surface area contributed by atoms with Crippen molar-refractivity contribution in [1.29, 1.82) is 0 Å². The van der Waals surface area contributed by atoms with E-state index in [2.05, 4.69) is 38.2 Å². The summed E-state index contributed by atoms with van der Waals surface area (Å²) in [5.74, 6) is -0.893. The van der Waals surface area contributed by atoms with Gasteiger partial charge in [-0.2, -0.15) is 0 Å². The molecule has 0 aliphatic heterocycles. The number of benzene rings is 2. The largest absolute Gasteiger partial charge is 0.459 e. The molecule has 5 heteroatoms. The highest BCUT2D eigenvalue weighted by Gasteiger charge is 2.21. The number of rotatable bonds is 5. The molecular formula is C23H28ClNO3. The Labute approximate surface area is 172 Å². The molecule has 0 heterocycles. The van der Waals surface area contributed by atoms with Crippen LogP contribution in [0.2, 0.25) is 5.02 Å². The first-order valence-corrected chi connectivity index (χ1v) is 9.71. The molecule has 0 radical (unpaired) electrons. The van der Waals surface area contributed by atoms with Gasteiger partial charge in [-0.15, -0.1) is 0 Å². The van der Waals surface area contributed by atoms with Gasteiger partial charge in [-0.05, 0) is 60.6 Å². The van der Waals surface area contributed by atoms with Crippen molar-refractivity contribution < 1.29 is 14.3 Å². The zero-order chi connectivity index (χ0) is 21.1. The lowest BCUT2D eigenvalue weighted by atomic mass is 9.84. The standard InChI is InChI=1S/C23H28ClNO3/c1-14-11-17(23(4,5)6)12-15(2)19(14)13-28-22(27)16(3)25-21(26)18-9-7-8-10-20(18)24/h7-12,16H,13H2,1-6H3,(H,25,26)/t16-/m0/s1. The minimum atomic E-state index is -0.779. The van der Waals surface area contributed by atoms with Gasteiger partial charge in [0.25, 0.3) is 5.91 Å². The van der Waals surface area contributed by atoms with E-state index in [0.717, 1.165) is 16.7 Å². The maximum Gasteiger partial charge on any atom is 0.328 e. The van der Waals surface area contributed by atoms with Gasteiger partial charge in [-0.3, -0.25) is 4.79 Å². The van der Waals surface area contributed by atoms with Crippen molar-refractivity contribution in [2.24, 2.45) is 0 Å². The quantitative estimate of drug-likeness (QED) is 0.707. The Bertz CT molecular complexity index is 861. The van der Waals surface area contributed by atoms with E-state index in [1.54, 1.807) is 31.2 Å². The third-order valence-corrected chi connectivity index (χ3v) is 5.07. The summed E-state index contributed by atoms with van der Waals surface area (Å²) in [4.78, 5) is 24.6. The molecule has 2 aromatic carbocycles. The highest BCUT2D eigenvalue weighted by Crippen LogP contribution is 2.27. The molecule has 1 amide bonds. The number of esters is 1. The van der Waals surface area contributed by atoms with E-state index in [1.165, 1.54) is 5.56 Å². The Morgan fingerprint density at radius 2 is 1.68 bits per heavy atom. The molecule has 4 nitrogen and oxygen atoms in total. The first kappa shape index (κ1) is 22.0. The van der Waals surface area contributed by atoms with Gasteiger partial charge in [0.2, 0.25) is 0 Å². The third kappa shape index (κ3) is 5.35. The van der Waals surface area contributed by atoms with Crippen molar-refractivity contribution in [3.8, 4) is 0 Å². The Kier molecular flexibility index (Phi) is 6.89. The van der Waals surface area contributed by atoms with E-state index < -0.39 is 17.9 Å². The fraction of sp³-hybridized carbons (Fsp3) is 0.391. The van der Waals surface area contributed by atoms with Crippen LogP contribution in [0.25, 0.3) is 0 Å². The van der Waals surface area contributed by atoms with Gasteiger partial charge in [0.05, 0.1) is 10.6 Å². The summed E-state index contributed by atoms with van der Waals surface area (Å²) in [5.41, 5.74) is 4.80. The number of hydrogen-bond donors (Lipinski definition) is 1. The molecule has 0 spiro atoms. The molecule has 1 atom stereocenters. The minimum absolute atomic E-state index is 0.0578. The lowest BCUT2D eigenvalue weighted by Gasteiger charge is -2.22. The van der Waals surface area contributed by atoms with Crippen LogP contribution in [0.4, 0.5) is 0 Å². The number of hydrogen-bond acceptors (Lipinski definition) is 3. The summed E-state index contributed by atoms with van der Waals surface area (Å²) in [5, 5.41) is 2.97. The summed E-state index contributed by atoms with van der Waals surface area (Å²) in [6.45, 7) is 12.3. The monoisotopic (exact) mass is 401 g/mol. The van der Waals surface area contributed by atoms with E-state index >= 15 is 0 Å². The molecule has 0 bridgehead atoms. The number of amides is 1. The predicted octanol–water partition coefficient (Wildman–Crippen LogP) is 5.12. The second-order valence-corrected chi connectivity index (χ2v) is 8.53. The van der Waals surface area contributed by atoms with Gasteiger partial charge in [0, 0.05) is 0 Å². The average molecular weight is 402 g/mol. The fourth-order valence-corrected chi connectivity index (χ4v) is 3.12. The minimum Gasteiger partial charge on any atom is -0.459 e. The molecule has 0 aliphatic rings. The van der Waals surface area contributed by atoms with Gasteiger partial charge >= 0.3 is 5.97 Å². The summed E-state index contributed by atoms with van der Waals surface area (Å²) < 4.78 is 5.46. The maximum absolute atomic E-state index is 12.3. The first-order chi connectivity index (χ1) is 13.0. The number of aryl methyl sites for hydroxylation is 2. The zero-order valence-electron chi connectivity index (χ0n) is 17.4. The smallest absolute Gasteiger partial charge is 0.328 e. The third-order valence-electron chi connectivity index (χ3n) is 4.74. The second kappa shape index (κ2) is 8.78. The van der Waals surface area contributed by atoms with Crippen LogP contribution in [-0.2, 0) is 21.6 Å². The topological polar surface area (TPSA) is 55.4 Å². The highest BCUT2D eigenvalue weighted by molar-refractivity contribution is 6.33. The normalized spacial score (nSPS) is 12.4. The molecule has 0 saturated heterocycles. The number of halogens is 1. The summed E-state index contributed by atoms with van der Waals surface area (Å²) in [6, 6.07) is 10.2. The van der Waals surface area contributed by atoms with Crippen molar-refractivity contribution in [2.75, 3.05) is 0 Å². The molecule has 0 unspecified atom stereocenters. The van der Waals surface area contributed by atoms with Crippen molar-refractivity contribution in [3.63, 3.8) is 0 Å².